The predicted octanol–water partition coefficient (Wildman–Crippen LogP) is 3.95. The summed E-state index contributed by atoms with van der Waals surface area (Å²) >= 11 is 0. The van der Waals surface area contributed by atoms with E-state index in [0.717, 1.165) is 5.82 Å². The molecule has 0 fully saturated rings. The summed E-state index contributed by atoms with van der Waals surface area (Å²) in [5, 5.41) is 3.83. The zero-order chi connectivity index (χ0) is 12.1. The summed E-state index contributed by atoms with van der Waals surface area (Å²) in [6.45, 7) is 2.05. The molecule has 0 aliphatic heterocycles. The molecule has 3 heteroatoms. The van der Waals surface area contributed by atoms with Crippen LogP contribution in [0.1, 0.15) is 5.82 Å². The second-order valence-electron chi connectivity index (χ2n) is 4.59. The van der Waals surface area contributed by atoms with Crippen molar-refractivity contribution in [3.63, 3.8) is 0 Å². The fraction of sp³-hybridized carbons (Fsp3) is 0.0625. The van der Waals surface area contributed by atoms with Crippen molar-refractivity contribution >= 4 is 27.2 Å². The number of imidazole rings is 1. The molecule has 0 atom stereocenters. The van der Waals surface area contributed by atoms with Gasteiger partial charge in [0.1, 0.15) is 5.82 Å². The number of benzene rings is 2. The zero-order valence-electron chi connectivity index (χ0n) is 10.4. The van der Waals surface area contributed by atoms with E-state index >= 15 is 0 Å². The summed E-state index contributed by atoms with van der Waals surface area (Å²) in [6, 6.07) is 17.0. The summed E-state index contributed by atoms with van der Waals surface area (Å²) in [6.07, 6.45) is 1.96. The minimum Gasteiger partial charge on any atom is -0.296 e. The maximum Gasteiger partial charge on any atom is 0.110 e. The van der Waals surface area contributed by atoms with Crippen LogP contribution in [0.5, 0.6) is 0 Å². The van der Waals surface area contributed by atoms with Gasteiger partial charge in [-0.05, 0) is 18.4 Å². The van der Waals surface area contributed by atoms with Gasteiger partial charge in [-0.3, -0.25) is 4.40 Å². The number of nitrogens with zero attached hydrogens (tertiary/aromatic N) is 2. The molecular formula is C16H12N2Pt. The van der Waals surface area contributed by atoms with E-state index in [4.69, 9.17) is 0 Å². The topological polar surface area (TPSA) is 17.3 Å². The molecule has 0 spiro atoms. The molecule has 4 rings (SSSR count). The van der Waals surface area contributed by atoms with Gasteiger partial charge < -0.3 is 0 Å². The van der Waals surface area contributed by atoms with Crippen molar-refractivity contribution in [3.8, 4) is 0 Å². The normalized spacial score (nSPS) is 11.0. The van der Waals surface area contributed by atoms with Gasteiger partial charge in [-0.15, -0.1) is 0 Å². The van der Waals surface area contributed by atoms with Crippen LogP contribution >= 0.6 is 0 Å². The average Bonchev–Trinajstić information content (AvgIpc) is 2.82. The van der Waals surface area contributed by atoms with Gasteiger partial charge in [0.15, 0.2) is 0 Å². The molecule has 0 aliphatic carbocycles. The molecule has 0 saturated carbocycles. The van der Waals surface area contributed by atoms with Gasteiger partial charge in [-0.1, -0.05) is 42.5 Å². The van der Waals surface area contributed by atoms with Crippen molar-refractivity contribution in [3.05, 3.63) is 60.6 Å². The van der Waals surface area contributed by atoms with E-state index in [1.165, 1.54) is 27.2 Å². The van der Waals surface area contributed by atoms with Crippen LogP contribution < -0.4 is 0 Å². The number of rotatable bonds is 0. The molecule has 0 saturated heterocycles. The molecule has 19 heavy (non-hydrogen) atoms. The zero-order valence-corrected chi connectivity index (χ0v) is 12.7. The van der Waals surface area contributed by atoms with E-state index < -0.39 is 0 Å². The minimum atomic E-state index is 0. The van der Waals surface area contributed by atoms with Crippen LogP contribution in [0, 0.1) is 6.92 Å². The molecule has 2 aromatic carbocycles. The number of hydrogen-bond acceptors (Lipinski definition) is 1. The molecule has 4 aromatic rings. The van der Waals surface area contributed by atoms with Crippen molar-refractivity contribution in [2.45, 2.75) is 6.92 Å². The molecule has 0 N–H and O–H groups in total. The molecule has 0 unspecified atom stereocenters. The van der Waals surface area contributed by atoms with Gasteiger partial charge in [0.05, 0.1) is 17.2 Å². The number of aromatic nitrogens is 2. The Morgan fingerprint density at radius 3 is 2.11 bits per heavy atom. The van der Waals surface area contributed by atoms with Crippen molar-refractivity contribution < 1.29 is 21.1 Å². The standard InChI is InChI=1S/C16H12N2.Pt/c1-11-17-10-16-14-8-3-2-6-12(14)13-7-4-5-9-15(13)18(11)16;/h2-10H,1H3;. The smallest absolute Gasteiger partial charge is 0.110 e. The Labute approximate surface area is 125 Å². The second-order valence-corrected chi connectivity index (χ2v) is 4.59. The molecule has 96 valence electrons. The van der Waals surface area contributed by atoms with E-state index in [9.17, 15) is 0 Å². The number of hydrogen-bond donors (Lipinski definition) is 0. The van der Waals surface area contributed by atoms with Crippen LogP contribution in [-0.4, -0.2) is 9.38 Å². The van der Waals surface area contributed by atoms with E-state index in [2.05, 4.69) is 57.9 Å². The Kier molecular flexibility index (Phi) is 2.91. The Hall–Kier alpha value is -1.66. The van der Waals surface area contributed by atoms with Crippen LogP contribution in [0.4, 0.5) is 0 Å². The van der Waals surface area contributed by atoms with Crippen molar-refractivity contribution in [1.29, 1.82) is 0 Å². The summed E-state index contributed by atoms with van der Waals surface area (Å²) in [4.78, 5) is 4.46. The van der Waals surface area contributed by atoms with Crippen molar-refractivity contribution in [2.75, 3.05) is 0 Å². The molecule has 0 radical (unpaired) electrons. The quantitative estimate of drug-likeness (QED) is 0.389. The first-order chi connectivity index (χ1) is 8.86. The van der Waals surface area contributed by atoms with Gasteiger partial charge in [0.25, 0.3) is 0 Å². The Balaban J connectivity index is 0.00000110. The van der Waals surface area contributed by atoms with Gasteiger partial charge >= 0.3 is 0 Å². The summed E-state index contributed by atoms with van der Waals surface area (Å²) in [5.74, 6) is 1.03. The molecule has 0 amide bonds. The van der Waals surface area contributed by atoms with Gasteiger partial charge in [0.2, 0.25) is 0 Å². The Bertz CT molecular complexity index is 893. The molecule has 0 bridgehead atoms. The van der Waals surface area contributed by atoms with Gasteiger partial charge in [0, 0.05) is 31.8 Å². The fourth-order valence-electron chi connectivity index (χ4n) is 2.78. The molecule has 0 aliphatic rings. The largest absolute Gasteiger partial charge is 0.296 e. The fourth-order valence-corrected chi connectivity index (χ4v) is 2.78. The number of aryl methyl sites for hydroxylation is 1. The molecule has 2 heterocycles. The third-order valence-corrected chi connectivity index (χ3v) is 3.58. The summed E-state index contributed by atoms with van der Waals surface area (Å²) < 4.78 is 2.23. The van der Waals surface area contributed by atoms with Crippen molar-refractivity contribution in [1.82, 2.24) is 9.38 Å². The van der Waals surface area contributed by atoms with Crippen LogP contribution in [-0.2, 0) is 21.1 Å². The third kappa shape index (κ3) is 1.63. The molecule has 2 aromatic heterocycles. The minimum absolute atomic E-state index is 0. The molecular weight excluding hydrogens is 415 g/mol. The van der Waals surface area contributed by atoms with Crippen LogP contribution in [0.25, 0.3) is 27.2 Å². The van der Waals surface area contributed by atoms with E-state index in [1.54, 1.807) is 0 Å². The summed E-state index contributed by atoms with van der Waals surface area (Å²) in [7, 11) is 0. The maximum absolute atomic E-state index is 4.46. The van der Waals surface area contributed by atoms with Crippen LogP contribution in [0.2, 0.25) is 0 Å². The Morgan fingerprint density at radius 1 is 0.789 bits per heavy atom. The van der Waals surface area contributed by atoms with Crippen LogP contribution in [0.3, 0.4) is 0 Å². The van der Waals surface area contributed by atoms with Gasteiger partial charge in [-0.25, -0.2) is 4.98 Å². The van der Waals surface area contributed by atoms with Crippen molar-refractivity contribution in [2.24, 2.45) is 0 Å². The summed E-state index contributed by atoms with van der Waals surface area (Å²) in [5.41, 5.74) is 2.41. The van der Waals surface area contributed by atoms with E-state index in [1.807, 2.05) is 13.1 Å². The van der Waals surface area contributed by atoms with Gasteiger partial charge in [-0.2, -0.15) is 0 Å². The first-order valence-corrected chi connectivity index (χ1v) is 6.10. The van der Waals surface area contributed by atoms with E-state index in [-0.39, 0.29) is 21.1 Å². The molecule has 2 nitrogen and oxygen atoms in total. The first-order valence-electron chi connectivity index (χ1n) is 6.10. The van der Waals surface area contributed by atoms with E-state index in [0.29, 0.717) is 0 Å². The second kappa shape index (κ2) is 4.47. The SMILES string of the molecule is Cc1ncc2c3ccccc3c3ccccc3n12.[Pt]. The predicted molar refractivity (Wildman–Crippen MR) is 74.9 cm³/mol. The van der Waals surface area contributed by atoms with Crippen LogP contribution in [0.15, 0.2) is 54.7 Å². The third-order valence-electron chi connectivity index (χ3n) is 3.58. The maximum atomic E-state index is 4.46. The first kappa shape index (κ1) is 12.4. The Morgan fingerprint density at radius 2 is 1.37 bits per heavy atom. The average molecular weight is 427 g/mol. The number of pyridine rings is 1. The number of fused-ring (bicyclic) bond motifs is 6. The number of para-hydroxylation sites is 1. The monoisotopic (exact) mass is 427 g/mol.